The lowest BCUT2D eigenvalue weighted by molar-refractivity contribution is -0.146. The normalized spacial score (nSPS) is 25.0. The number of hydrogen-bond donors (Lipinski definition) is 3. The lowest BCUT2D eigenvalue weighted by Crippen LogP contribution is -2.49. The van der Waals surface area contributed by atoms with E-state index in [0.717, 1.165) is 10.5 Å². The predicted molar refractivity (Wildman–Crippen MR) is 138 cm³/mol. The zero-order chi connectivity index (χ0) is 27.8. The zero-order valence-corrected chi connectivity index (χ0v) is 22.1. The SMILES string of the molecule is C[C@@H](NP(=O)(OC[C@H]1O[C@@H](N2C=CCNC2=O)[C@H](O)[C@@H]1CF)Oc1ccccc1)C(=O)OCc1ccccc1. The molecule has 2 aromatic carbocycles. The summed E-state index contributed by atoms with van der Waals surface area (Å²) in [5, 5.41) is 15.8. The van der Waals surface area contributed by atoms with Gasteiger partial charge in [-0.3, -0.25) is 18.6 Å². The number of nitrogens with zero attached hydrogens (tertiary/aromatic N) is 1. The van der Waals surface area contributed by atoms with Crippen molar-refractivity contribution in [1.29, 1.82) is 0 Å². The number of aliphatic hydroxyl groups is 1. The summed E-state index contributed by atoms with van der Waals surface area (Å²) in [4.78, 5) is 26.0. The number of benzene rings is 2. The second-order valence-electron chi connectivity index (χ2n) is 8.99. The molecule has 0 radical (unpaired) electrons. The molecule has 39 heavy (non-hydrogen) atoms. The van der Waals surface area contributed by atoms with E-state index in [1.165, 1.54) is 13.1 Å². The quantitative estimate of drug-likeness (QED) is 0.263. The van der Waals surface area contributed by atoms with E-state index >= 15 is 0 Å². The van der Waals surface area contributed by atoms with Crippen molar-refractivity contribution in [3.05, 3.63) is 78.5 Å². The van der Waals surface area contributed by atoms with Crippen molar-refractivity contribution in [3.63, 3.8) is 0 Å². The molecule has 1 fully saturated rings. The van der Waals surface area contributed by atoms with Crippen LogP contribution in [0.15, 0.2) is 72.9 Å². The molecular formula is C26H31FN3O8P. The van der Waals surface area contributed by atoms with Crippen LogP contribution in [0, 0.1) is 5.92 Å². The van der Waals surface area contributed by atoms with Crippen LogP contribution < -0.4 is 14.9 Å². The second-order valence-corrected chi connectivity index (χ2v) is 10.7. The maximum atomic E-state index is 13.9. The Bertz CT molecular complexity index is 1190. The van der Waals surface area contributed by atoms with Gasteiger partial charge in [-0.2, -0.15) is 5.09 Å². The maximum absolute atomic E-state index is 13.9. The van der Waals surface area contributed by atoms with E-state index in [0.29, 0.717) is 6.54 Å². The summed E-state index contributed by atoms with van der Waals surface area (Å²) in [6, 6.07) is 15.6. The van der Waals surface area contributed by atoms with Crippen LogP contribution in [0.4, 0.5) is 9.18 Å². The van der Waals surface area contributed by atoms with E-state index in [9.17, 15) is 23.7 Å². The highest BCUT2D eigenvalue weighted by molar-refractivity contribution is 7.52. The van der Waals surface area contributed by atoms with Gasteiger partial charge in [-0.1, -0.05) is 48.5 Å². The smallest absolute Gasteiger partial charge is 0.459 e. The molecule has 0 bridgehead atoms. The van der Waals surface area contributed by atoms with Crippen LogP contribution in [-0.2, 0) is 30.0 Å². The van der Waals surface area contributed by atoms with Crippen LogP contribution in [0.3, 0.4) is 0 Å². The highest BCUT2D eigenvalue weighted by Gasteiger charge is 2.48. The van der Waals surface area contributed by atoms with E-state index in [-0.39, 0.29) is 12.4 Å². The van der Waals surface area contributed by atoms with Gasteiger partial charge >= 0.3 is 19.7 Å². The maximum Gasteiger partial charge on any atom is 0.459 e. The highest BCUT2D eigenvalue weighted by Crippen LogP contribution is 2.46. The number of aliphatic hydroxyl groups excluding tert-OH is 1. The summed E-state index contributed by atoms with van der Waals surface area (Å²) in [5.74, 6) is -1.58. The number of carbonyl (C=O) groups is 2. The fourth-order valence-electron chi connectivity index (χ4n) is 4.07. The number of urea groups is 1. The first-order chi connectivity index (χ1) is 18.8. The lowest BCUT2D eigenvalue weighted by atomic mass is 10.00. The van der Waals surface area contributed by atoms with Gasteiger partial charge in [0.25, 0.3) is 0 Å². The molecule has 2 heterocycles. The Balaban J connectivity index is 1.44. The van der Waals surface area contributed by atoms with Crippen molar-refractivity contribution in [2.75, 3.05) is 19.8 Å². The van der Waals surface area contributed by atoms with Crippen molar-refractivity contribution in [2.24, 2.45) is 5.92 Å². The molecule has 4 rings (SSSR count). The van der Waals surface area contributed by atoms with E-state index in [1.54, 1.807) is 48.5 Å². The van der Waals surface area contributed by atoms with Crippen molar-refractivity contribution in [3.8, 4) is 5.75 Å². The summed E-state index contributed by atoms with van der Waals surface area (Å²) >= 11 is 0. The first kappa shape index (κ1) is 28.7. The van der Waals surface area contributed by atoms with Gasteiger partial charge in [0.05, 0.1) is 19.4 Å². The van der Waals surface area contributed by atoms with Crippen LogP contribution in [0.2, 0.25) is 0 Å². The van der Waals surface area contributed by atoms with Crippen LogP contribution in [0.1, 0.15) is 12.5 Å². The second kappa shape index (κ2) is 13.2. The van der Waals surface area contributed by atoms with Crippen molar-refractivity contribution < 1.29 is 42.2 Å². The van der Waals surface area contributed by atoms with Gasteiger partial charge in [0.2, 0.25) is 0 Å². The molecule has 3 N–H and O–H groups in total. The molecular weight excluding hydrogens is 532 g/mol. The number of halogens is 1. The number of esters is 1. The van der Waals surface area contributed by atoms with Crippen molar-refractivity contribution in [2.45, 2.75) is 38.0 Å². The Morgan fingerprint density at radius 3 is 2.59 bits per heavy atom. The van der Waals surface area contributed by atoms with Crippen LogP contribution in [0.25, 0.3) is 0 Å². The van der Waals surface area contributed by atoms with E-state index < -0.39 is 63.4 Å². The Kier molecular flexibility index (Phi) is 9.71. The number of nitrogens with one attached hydrogen (secondary N) is 2. The van der Waals surface area contributed by atoms with Crippen molar-refractivity contribution >= 4 is 19.7 Å². The highest BCUT2D eigenvalue weighted by atomic mass is 31.2. The summed E-state index contributed by atoms with van der Waals surface area (Å²) < 4.78 is 50.0. The lowest BCUT2D eigenvalue weighted by Gasteiger charge is -2.29. The number of para-hydroxylation sites is 1. The average molecular weight is 564 g/mol. The summed E-state index contributed by atoms with van der Waals surface area (Å²) in [6.07, 6.45) is -0.529. The van der Waals surface area contributed by atoms with Crippen molar-refractivity contribution in [1.82, 2.24) is 15.3 Å². The average Bonchev–Trinajstić information content (AvgIpc) is 3.26. The van der Waals surface area contributed by atoms with E-state index in [2.05, 4.69) is 10.4 Å². The monoisotopic (exact) mass is 563 g/mol. The molecule has 0 aromatic heterocycles. The summed E-state index contributed by atoms with van der Waals surface area (Å²) in [7, 11) is -4.26. The number of alkyl halides is 1. The minimum atomic E-state index is -4.26. The van der Waals surface area contributed by atoms with E-state index in [4.69, 9.17) is 18.5 Å². The first-order valence-corrected chi connectivity index (χ1v) is 13.9. The molecule has 210 valence electrons. The zero-order valence-electron chi connectivity index (χ0n) is 21.2. The number of ether oxygens (including phenoxy) is 2. The first-order valence-electron chi connectivity index (χ1n) is 12.4. The standard InChI is InChI=1S/C26H31FN3O8P/c1-18(25(32)35-16-19-9-4-2-5-10-19)29-39(34,38-20-11-6-3-7-12-20)36-17-22-21(15-27)23(31)24(37-22)30-14-8-13-28-26(30)33/h2-12,14,18,21-24,31H,13,15-17H2,1H3,(H,28,33)(H,29,34)/t18-,21-,22-,23-,24-,39?/m1/s1. The molecule has 2 aliphatic rings. The number of amides is 2. The fourth-order valence-corrected chi connectivity index (χ4v) is 5.57. The molecule has 0 aliphatic carbocycles. The van der Waals surface area contributed by atoms with Gasteiger partial charge in [0, 0.05) is 18.7 Å². The van der Waals surface area contributed by atoms with Gasteiger partial charge in [0.15, 0.2) is 6.23 Å². The molecule has 0 spiro atoms. The molecule has 0 saturated carbocycles. The molecule has 6 atom stereocenters. The number of carbonyl (C=O) groups excluding carboxylic acids is 2. The largest absolute Gasteiger partial charge is 0.460 e. The van der Waals surface area contributed by atoms with Gasteiger partial charge in [0.1, 0.15) is 24.5 Å². The third-order valence-corrected chi connectivity index (χ3v) is 7.80. The molecule has 1 saturated heterocycles. The topological polar surface area (TPSA) is 136 Å². The molecule has 2 amide bonds. The third-order valence-electron chi connectivity index (χ3n) is 6.15. The minimum absolute atomic E-state index is 0.0162. The Labute approximate surface area is 225 Å². The van der Waals surface area contributed by atoms with Crippen LogP contribution in [-0.4, -0.2) is 66.3 Å². The molecule has 11 nitrogen and oxygen atoms in total. The molecule has 2 aliphatic heterocycles. The summed E-state index contributed by atoms with van der Waals surface area (Å²) in [6.45, 7) is 0.320. The Morgan fingerprint density at radius 1 is 1.23 bits per heavy atom. The Morgan fingerprint density at radius 2 is 1.92 bits per heavy atom. The molecule has 1 unspecified atom stereocenters. The number of hydrogen-bond acceptors (Lipinski definition) is 8. The van der Waals surface area contributed by atoms with Gasteiger partial charge < -0.3 is 24.4 Å². The molecule has 13 heteroatoms. The predicted octanol–water partition coefficient (Wildman–Crippen LogP) is 3.12. The van der Waals surface area contributed by atoms with E-state index in [1.807, 2.05) is 18.2 Å². The minimum Gasteiger partial charge on any atom is -0.460 e. The Hall–Kier alpha value is -3.28. The summed E-state index contributed by atoms with van der Waals surface area (Å²) in [5.41, 5.74) is 0.777. The van der Waals surface area contributed by atoms with Gasteiger partial charge in [-0.05, 0) is 30.7 Å². The van der Waals surface area contributed by atoms with Crippen LogP contribution in [0.5, 0.6) is 5.75 Å². The van der Waals surface area contributed by atoms with Gasteiger partial charge in [-0.25, -0.2) is 9.36 Å². The van der Waals surface area contributed by atoms with Crippen LogP contribution >= 0.6 is 7.75 Å². The number of rotatable bonds is 12. The fraction of sp³-hybridized carbons (Fsp3) is 0.385. The molecule has 2 aromatic rings. The third kappa shape index (κ3) is 7.43. The van der Waals surface area contributed by atoms with Gasteiger partial charge in [-0.15, -0.1) is 0 Å².